The summed E-state index contributed by atoms with van der Waals surface area (Å²) >= 11 is 0. The molecule has 0 aliphatic carbocycles. The van der Waals surface area contributed by atoms with E-state index in [4.69, 9.17) is 5.11 Å². The van der Waals surface area contributed by atoms with E-state index in [2.05, 4.69) is 21.7 Å². The van der Waals surface area contributed by atoms with Crippen LogP contribution in [0.3, 0.4) is 0 Å². The van der Waals surface area contributed by atoms with Gasteiger partial charge in [-0.1, -0.05) is 48.5 Å². The van der Waals surface area contributed by atoms with Crippen molar-refractivity contribution in [3.05, 3.63) is 71.9 Å². The number of rotatable bonds is 9. The third-order valence-electron chi connectivity index (χ3n) is 4.72. The molecular formula is C22H25N3O3. The number of hydrogen-bond acceptors (Lipinski definition) is 2. The highest BCUT2D eigenvalue weighted by atomic mass is 16.4. The number of para-hydroxylation sites is 1. The van der Waals surface area contributed by atoms with Crippen LogP contribution in [0.25, 0.3) is 10.9 Å². The number of nitrogens with one attached hydrogen (secondary N) is 3. The average molecular weight is 379 g/mol. The molecule has 1 unspecified atom stereocenters. The van der Waals surface area contributed by atoms with E-state index in [1.54, 1.807) is 0 Å². The van der Waals surface area contributed by atoms with Crippen LogP contribution in [0.1, 0.15) is 24.0 Å². The zero-order valence-corrected chi connectivity index (χ0v) is 15.7. The molecule has 3 rings (SSSR count). The smallest absolute Gasteiger partial charge is 0.315 e. The quantitative estimate of drug-likeness (QED) is 0.458. The molecule has 3 aromatic rings. The highest BCUT2D eigenvalue weighted by Crippen LogP contribution is 2.17. The van der Waals surface area contributed by atoms with Crippen molar-refractivity contribution in [2.24, 2.45) is 0 Å². The Morgan fingerprint density at radius 1 is 1.04 bits per heavy atom. The molecule has 28 heavy (non-hydrogen) atoms. The number of urea groups is 1. The largest absolute Gasteiger partial charge is 0.481 e. The highest BCUT2D eigenvalue weighted by Gasteiger charge is 2.15. The molecule has 4 N–H and O–H groups in total. The summed E-state index contributed by atoms with van der Waals surface area (Å²) in [6, 6.07) is 17.3. The Kier molecular flexibility index (Phi) is 6.68. The number of hydrogen-bond donors (Lipinski definition) is 4. The van der Waals surface area contributed by atoms with Crippen LogP contribution in [0.15, 0.2) is 60.8 Å². The summed E-state index contributed by atoms with van der Waals surface area (Å²) in [6.45, 7) is 0.505. The molecule has 6 heteroatoms. The maximum Gasteiger partial charge on any atom is 0.315 e. The third-order valence-corrected chi connectivity index (χ3v) is 4.72. The number of carbonyl (C=O) groups is 2. The number of carboxylic acid groups (broad SMARTS) is 1. The van der Waals surface area contributed by atoms with Crippen molar-refractivity contribution in [1.82, 2.24) is 15.6 Å². The molecular weight excluding hydrogens is 354 g/mol. The van der Waals surface area contributed by atoms with Gasteiger partial charge in [-0.25, -0.2) is 4.79 Å². The fourth-order valence-corrected chi connectivity index (χ4v) is 3.31. The first-order valence-electron chi connectivity index (χ1n) is 9.47. The summed E-state index contributed by atoms with van der Waals surface area (Å²) in [7, 11) is 0. The van der Waals surface area contributed by atoms with E-state index >= 15 is 0 Å². The Hall–Kier alpha value is -3.28. The fourth-order valence-electron chi connectivity index (χ4n) is 3.31. The van der Waals surface area contributed by atoms with Gasteiger partial charge in [-0.3, -0.25) is 4.79 Å². The Bertz CT molecular complexity index is 921. The lowest BCUT2D eigenvalue weighted by Crippen LogP contribution is -2.44. The van der Waals surface area contributed by atoms with Crippen molar-refractivity contribution in [3.63, 3.8) is 0 Å². The first-order valence-corrected chi connectivity index (χ1v) is 9.47. The van der Waals surface area contributed by atoms with E-state index in [0.29, 0.717) is 19.4 Å². The molecule has 0 saturated carbocycles. The number of aromatic amines is 1. The summed E-state index contributed by atoms with van der Waals surface area (Å²) in [5, 5.41) is 15.9. The molecule has 0 saturated heterocycles. The lowest BCUT2D eigenvalue weighted by Gasteiger charge is -2.18. The normalized spacial score (nSPS) is 11.9. The maximum atomic E-state index is 12.3. The zero-order valence-electron chi connectivity index (χ0n) is 15.7. The van der Waals surface area contributed by atoms with Gasteiger partial charge in [-0.2, -0.15) is 0 Å². The molecule has 0 fully saturated rings. The standard InChI is InChI=1S/C22H25N3O3/c26-21(27)11-10-18(14-16-6-2-1-3-7-16)25-22(28)23-13-12-17-15-24-20-9-5-4-8-19(17)20/h1-9,15,18,24H,10-14H2,(H,26,27)(H2,23,25,28). The van der Waals surface area contributed by atoms with E-state index in [1.165, 1.54) is 0 Å². The lowest BCUT2D eigenvalue weighted by atomic mass is 10.0. The number of aromatic nitrogens is 1. The van der Waals surface area contributed by atoms with Gasteiger partial charge in [-0.15, -0.1) is 0 Å². The van der Waals surface area contributed by atoms with Crippen LogP contribution in [0.5, 0.6) is 0 Å². The summed E-state index contributed by atoms with van der Waals surface area (Å²) in [5.41, 5.74) is 3.30. The van der Waals surface area contributed by atoms with Gasteiger partial charge in [0.05, 0.1) is 0 Å². The topological polar surface area (TPSA) is 94.2 Å². The summed E-state index contributed by atoms with van der Waals surface area (Å²) in [6.07, 6.45) is 3.70. The van der Waals surface area contributed by atoms with Gasteiger partial charge < -0.3 is 20.7 Å². The Morgan fingerprint density at radius 2 is 1.79 bits per heavy atom. The van der Waals surface area contributed by atoms with E-state index in [0.717, 1.165) is 28.5 Å². The molecule has 2 amide bonds. The van der Waals surface area contributed by atoms with Crippen LogP contribution in [0.2, 0.25) is 0 Å². The van der Waals surface area contributed by atoms with E-state index in [9.17, 15) is 9.59 Å². The molecule has 0 aliphatic rings. The first kappa shape index (κ1) is 19.5. The molecule has 1 heterocycles. The van der Waals surface area contributed by atoms with Crippen molar-refractivity contribution in [2.45, 2.75) is 31.7 Å². The molecule has 0 aliphatic heterocycles. The van der Waals surface area contributed by atoms with E-state index < -0.39 is 5.97 Å². The number of carboxylic acids is 1. The predicted molar refractivity (Wildman–Crippen MR) is 109 cm³/mol. The number of carbonyl (C=O) groups excluding carboxylic acids is 1. The fraction of sp³-hybridized carbons (Fsp3) is 0.273. The van der Waals surface area contributed by atoms with Crippen LogP contribution < -0.4 is 10.6 Å². The lowest BCUT2D eigenvalue weighted by molar-refractivity contribution is -0.137. The first-order chi connectivity index (χ1) is 13.6. The number of H-pyrrole nitrogens is 1. The highest BCUT2D eigenvalue weighted by molar-refractivity contribution is 5.83. The monoisotopic (exact) mass is 379 g/mol. The van der Waals surface area contributed by atoms with Gasteiger partial charge in [0, 0.05) is 36.1 Å². The van der Waals surface area contributed by atoms with Crippen LogP contribution in [0, 0.1) is 0 Å². The Labute approximate surface area is 164 Å². The van der Waals surface area contributed by atoms with Crippen LogP contribution in [-0.4, -0.2) is 34.7 Å². The molecule has 0 bridgehead atoms. The van der Waals surface area contributed by atoms with Crippen LogP contribution >= 0.6 is 0 Å². The Morgan fingerprint density at radius 3 is 2.57 bits per heavy atom. The molecule has 1 atom stereocenters. The van der Waals surface area contributed by atoms with Crippen LogP contribution in [-0.2, 0) is 17.6 Å². The zero-order chi connectivity index (χ0) is 19.8. The SMILES string of the molecule is O=C(O)CCC(Cc1ccccc1)NC(=O)NCCc1c[nH]c2ccccc12. The molecule has 1 aromatic heterocycles. The molecule has 0 radical (unpaired) electrons. The number of amides is 2. The number of fused-ring (bicyclic) bond motifs is 1. The van der Waals surface area contributed by atoms with Gasteiger partial charge in [0.15, 0.2) is 0 Å². The third kappa shape index (κ3) is 5.61. The minimum atomic E-state index is -0.861. The van der Waals surface area contributed by atoms with Crippen molar-refractivity contribution in [2.75, 3.05) is 6.54 Å². The van der Waals surface area contributed by atoms with Crippen LogP contribution in [0.4, 0.5) is 4.79 Å². The second kappa shape index (κ2) is 9.60. The van der Waals surface area contributed by atoms with Crippen molar-refractivity contribution in [3.8, 4) is 0 Å². The van der Waals surface area contributed by atoms with Crippen molar-refractivity contribution in [1.29, 1.82) is 0 Å². The molecule has 6 nitrogen and oxygen atoms in total. The van der Waals surface area contributed by atoms with Gasteiger partial charge in [0.25, 0.3) is 0 Å². The summed E-state index contributed by atoms with van der Waals surface area (Å²) < 4.78 is 0. The second-order valence-corrected chi connectivity index (χ2v) is 6.83. The average Bonchev–Trinajstić information content (AvgIpc) is 3.10. The van der Waals surface area contributed by atoms with Crippen molar-refractivity contribution < 1.29 is 14.7 Å². The molecule has 0 spiro atoms. The van der Waals surface area contributed by atoms with Gasteiger partial charge in [0.2, 0.25) is 0 Å². The minimum absolute atomic E-state index is 0.0210. The number of benzene rings is 2. The van der Waals surface area contributed by atoms with E-state index in [1.807, 2.05) is 54.7 Å². The molecule has 146 valence electrons. The predicted octanol–water partition coefficient (Wildman–Crippen LogP) is 3.49. The van der Waals surface area contributed by atoms with Gasteiger partial charge >= 0.3 is 12.0 Å². The minimum Gasteiger partial charge on any atom is -0.481 e. The second-order valence-electron chi connectivity index (χ2n) is 6.83. The van der Waals surface area contributed by atoms with Gasteiger partial charge in [-0.05, 0) is 36.5 Å². The number of aliphatic carboxylic acids is 1. The maximum absolute atomic E-state index is 12.3. The summed E-state index contributed by atoms with van der Waals surface area (Å²) in [4.78, 5) is 26.5. The Balaban J connectivity index is 1.51. The van der Waals surface area contributed by atoms with Crippen molar-refractivity contribution >= 4 is 22.9 Å². The van der Waals surface area contributed by atoms with E-state index in [-0.39, 0.29) is 18.5 Å². The summed E-state index contributed by atoms with van der Waals surface area (Å²) in [5.74, 6) is -0.861. The molecule has 2 aromatic carbocycles. The van der Waals surface area contributed by atoms with Gasteiger partial charge in [0.1, 0.15) is 0 Å².